The van der Waals surface area contributed by atoms with Crippen LogP contribution in [0.4, 0.5) is 0 Å². The molecule has 0 spiro atoms. The van der Waals surface area contributed by atoms with Gasteiger partial charge in [-0.25, -0.2) is 4.79 Å². The predicted molar refractivity (Wildman–Crippen MR) is 100 cm³/mol. The van der Waals surface area contributed by atoms with Crippen molar-refractivity contribution in [1.29, 1.82) is 0 Å². The van der Waals surface area contributed by atoms with Crippen LogP contribution in [0.5, 0.6) is 17.2 Å². The van der Waals surface area contributed by atoms with Crippen molar-refractivity contribution >= 4 is 17.6 Å². The van der Waals surface area contributed by atoms with Gasteiger partial charge in [-0.05, 0) is 60.5 Å². The Balaban J connectivity index is 1.79. The number of halogens is 1. The fourth-order valence-corrected chi connectivity index (χ4v) is 2.14. The van der Waals surface area contributed by atoms with E-state index in [9.17, 15) is 4.79 Å². The molecule has 0 amide bonds. The molecule has 26 heavy (non-hydrogen) atoms. The number of rotatable bonds is 9. The maximum atomic E-state index is 11.1. The lowest BCUT2D eigenvalue weighted by molar-refractivity contribution is -0.142. The van der Waals surface area contributed by atoms with Gasteiger partial charge in [0.15, 0.2) is 6.61 Å². The van der Waals surface area contributed by atoms with Crippen molar-refractivity contribution in [3.63, 3.8) is 0 Å². The number of carbonyl (C=O) groups is 1. The topological polar surface area (TPSA) is 54.0 Å². The second kappa shape index (κ2) is 9.73. The first-order chi connectivity index (χ1) is 12.5. The van der Waals surface area contributed by atoms with Gasteiger partial charge in [-0.1, -0.05) is 18.2 Å². The third-order valence-corrected chi connectivity index (χ3v) is 3.67. The number of ether oxygens (including phenoxy) is 4. The minimum absolute atomic E-state index is 0.129. The van der Waals surface area contributed by atoms with Crippen LogP contribution in [0.1, 0.15) is 5.56 Å². The Morgan fingerprint density at radius 1 is 0.962 bits per heavy atom. The molecule has 2 aromatic rings. The SMILES string of the molecule is C=C(COc1ccc(Cl)cc1)COc1ccc(OCC(=O)OC)c(C)c1. The molecule has 0 aliphatic rings. The molecule has 0 fully saturated rings. The summed E-state index contributed by atoms with van der Waals surface area (Å²) in [5.41, 5.74) is 1.65. The fraction of sp³-hybridized carbons (Fsp3) is 0.250. The van der Waals surface area contributed by atoms with E-state index in [2.05, 4.69) is 11.3 Å². The summed E-state index contributed by atoms with van der Waals surface area (Å²) in [5, 5.41) is 0.661. The summed E-state index contributed by atoms with van der Waals surface area (Å²) in [6.07, 6.45) is 0. The molecule has 0 heterocycles. The van der Waals surface area contributed by atoms with E-state index in [0.717, 1.165) is 16.9 Å². The van der Waals surface area contributed by atoms with Gasteiger partial charge < -0.3 is 18.9 Å². The normalized spacial score (nSPS) is 10.1. The molecule has 2 aromatic carbocycles. The number of carbonyl (C=O) groups excluding carboxylic acids is 1. The number of esters is 1. The van der Waals surface area contributed by atoms with E-state index < -0.39 is 5.97 Å². The third kappa shape index (κ3) is 6.33. The van der Waals surface area contributed by atoms with Crippen molar-refractivity contribution in [2.75, 3.05) is 26.9 Å². The Labute approximate surface area is 158 Å². The second-order valence-electron chi connectivity index (χ2n) is 5.57. The third-order valence-electron chi connectivity index (χ3n) is 3.42. The first-order valence-corrected chi connectivity index (χ1v) is 8.34. The van der Waals surface area contributed by atoms with E-state index >= 15 is 0 Å². The summed E-state index contributed by atoms with van der Waals surface area (Å²) in [6.45, 7) is 6.37. The van der Waals surface area contributed by atoms with Gasteiger partial charge in [-0.2, -0.15) is 0 Å². The highest BCUT2D eigenvalue weighted by Crippen LogP contribution is 2.24. The van der Waals surface area contributed by atoms with Gasteiger partial charge in [0, 0.05) is 5.02 Å². The maximum absolute atomic E-state index is 11.1. The highest BCUT2D eigenvalue weighted by atomic mass is 35.5. The first kappa shape index (κ1) is 19.7. The fourth-order valence-electron chi connectivity index (χ4n) is 2.01. The average Bonchev–Trinajstić information content (AvgIpc) is 2.64. The van der Waals surface area contributed by atoms with Crippen molar-refractivity contribution in [2.24, 2.45) is 0 Å². The lowest BCUT2D eigenvalue weighted by Gasteiger charge is -2.13. The highest BCUT2D eigenvalue weighted by molar-refractivity contribution is 6.30. The van der Waals surface area contributed by atoms with Crippen molar-refractivity contribution < 1.29 is 23.7 Å². The minimum atomic E-state index is -0.429. The van der Waals surface area contributed by atoms with Gasteiger partial charge >= 0.3 is 5.97 Å². The Morgan fingerprint density at radius 3 is 2.19 bits per heavy atom. The van der Waals surface area contributed by atoms with E-state index in [1.54, 1.807) is 36.4 Å². The molecule has 5 nitrogen and oxygen atoms in total. The van der Waals surface area contributed by atoms with Crippen LogP contribution in [0.15, 0.2) is 54.6 Å². The monoisotopic (exact) mass is 376 g/mol. The van der Waals surface area contributed by atoms with E-state index in [4.69, 9.17) is 25.8 Å². The zero-order chi connectivity index (χ0) is 18.9. The summed E-state index contributed by atoms with van der Waals surface area (Å²) in [4.78, 5) is 11.1. The average molecular weight is 377 g/mol. The van der Waals surface area contributed by atoms with Crippen LogP contribution < -0.4 is 14.2 Å². The van der Waals surface area contributed by atoms with E-state index in [-0.39, 0.29) is 6.61 Å². The molecule has 0 N–H and O–H groups in total. The summed E-state index contributed by atoms with van der Waals surface area (Å²) >= 11 is 5.83. The van der Waals surface area contributed by atoms with E-state index in [1.807, 2.05) is 13.0 Å². The van der Waals surface area contributed by atoms with Crippen LogP contribution in [0.3, 0.4) is 0 Å². The van der Waals surface area contributed by atoms with Gasteiger partial charge in [-0.15, -0.1) is 0 Å². The first-order valence-electron chi connectivity index (χ1n) is 7.96. The Bertz CT molecular complexity index is 755. The molecule has 138 valence electrons. The van der Waals surface area contributed by atoms with Gasteiger partial charge in [0.05, 0.1) is 7.11 Å². The number of hydrogen-bond donors (Lipinski definition) is 0. The summed E-state index contributed by atoms with van der Waals surface area (Å²) < 4.78 is 21.3. The number of hydrogen-bond acceptors (Lipinski definition) is 5. The minimum Gasteiger partial charge on any atom is -0.489 e. The summed E-state index contributed by atoms with van der Waals surface area (Å²) in [7, 11) is 1.32. The zero-order valence-corrected chi connectivity index (χ0v) is 15.5. The maximum Gasteiger partial charge on any atom is 0.343 e. The van der Waals surface area contributed by atoms with Crippen molar-refractivity contribution in [3.8, 4) is 17.2 Å². The molecule has 0 saturated carbocycles. The van der Waals surface area contributed by atoms with Gasteiger partial charge in [-0.3, -0.25) is 0 Å². The molecular formula is C20H21ClO5. The van der Waals surface area contributed by atoms with Crippen LogP contribution >= 0.6 is 11.6 Å². The molecule has 0 aliphatic carbocycles. The van der Waals surface area contributed by atoms with Crippen molar-refractivity contribution in [2.45, 2.75) is 6.92 Å². The Kier molecular flexibility index (Phi) is 7.36. The van der Waals surface area contributed by atoms with Crippen LogP contribution in [-0.4, -0.2) is 32.9 Å². The molecule has 2 rings (SSSR count). The lowest BCUT2D eigenvalue weighted by Crippen LogP contribution is -2.13. The molecular weight excluding hydrogens is 356 g/mol. The highest BCUT2D eigenvalue weighted by Gasteiger charge is 2.06. The van der Waals surface area contributed by atoms with Gasteiger partial charge in [0.1, 0.15) is 30.5 Å². The van der Waals surface area contributed by atoms with Crippen molar-refractivity contribution in [3.05, 3.63) is 65.2 Å². The number of methoxy groups -OCH3 is 1. The van der Waals surface area contributed by atoms with Crippen LogP contribution in [0.25, 0.3) is 0 Å². The Morgan fingerprint density at radius 2 is 1.58 bits per heavy atom. The summed E-state index contributed by atoms with van der Waals surface area (Å²) in [6, 6.07) is 12.5. The quantitative estimate of drug-likeness (QED) is 0.484. The lowest BCUT2D eigenvalue weighted by atomic mass is 10.2. The van der Waals surface area contributed by atoms with Crippen LogP contribution in [-0.2, 0) is 9.53 Å². The van der Waals surface area contributed by atoms with Crippen LogP contribution in [0.2, 0.25) is 5.02 Å². The van der Waals surface area contributed by atoms with Crippen molar-refractivity contribution in [1.82, 2.24) is 0 Å². The van der Waals surface area contributed by atoms with Gasteiger partial charge in [0.25, 0.3) is 0 Å². The molecule has 0 atom stereocenters. The number of benzene rings is 2. The molecule has 0 aliphatic heterocycles. The molecule has 6 heteroatoms. The smallest absolute Gasteiger partial charge is 0.343 e. The summed E-state index contributed by atoms with van der Waals surface area (Å²) in [5.74, 6) is 1.58. The zero-order valence-electron chi connectivity index (χ0n) is 14.8. The van der Waals surface area contributed by atoms with E-state index in [1.165, 1.54) is 7.11 Å². The molecule has 0 bridgehead atoms. The van der Waals surface area contributed by atoms with Crippen LogP contribution in [0, 0.1) is 6.92 Å². The predicted octanol–water partition coefficient (Wildman–Crippen LogP) is 4.21. The van der Waals surface area contributed by atoms with E-state index in [0.29, 0.717) is 29.7 Å². The molecule has 0 aromatic heterocycles. The Hall–Kier alpha value is -2.66. The molecule has 0 saturated heterocycles. The molecule has 0 unspecified atom stereocenters. The van der Waals surface area contributed by atoms with Gasteiger partial charge in [0.2, 0.25) is 0 Å². The largest absolute Gasteiger partial charge is 0.489 e. The standard InChI is InChI=1S/C20H21ClO5/c1-14(11-24-17-6-4-16(21)5-7-17)12-25-18-8-9-19(15(2)10-18)26-13-20(22)23-3/h4-10H,1,11-13H2,2-3H3. The second-order valence-corrected chi connectivity index (χ2v) is 6.01. The number of aryl methyl sites for hydroxylation is 1. The molecule has 0 radical (unpaired) electrons.